The average molecular weight is 410 g/mol. The summed E-state index contributed by atoms with van der Waals surface area (Å²) in [6, 6.07) is 12.9. The van der Waals surface area contributed by atoms with Crippen molar-refractivity contribution in [3.63, 3.8) is 0 Å². The number of rotatable bonds is 6. The number of H-pyrrole nitrogens is 1. The van der Waals surface area contributed by atoms with E-state index in [4.69, 9.17) is 0 Å². The lowest BCUT2D eigenvalue weighted by Crippen LogP contribution is -2.49. The molecule has 0 aliphatic carbocycles. The van der Waals surface area contributed by atoms with E-state index in [9.17, 15) is 10.0 Å². The molecule has 1 amide bonds. The van der Waals surface area contributed by atoms with E-state index in [-0.39, 0.29) is 5.91 Å². The van der Waals surface area contributed by atoms with Crippen molar-refractivity contribution in [3.8, 4) is 0 Å². The first kappa shape index (κ1) is 20.5. The Balaban J connectivity index is 1.25. The normalized spacial score (nSPS) is 20.3. The number of nitrogens with zero attached hydrogens (tertiary/aromatic N) is 4. The van der Waals surface area contributed by atoms with E-state index in [0.717, 1.165) is 45.6 Å². The van der Waals surface area contributed by atoms with E-state index in [2.05, 4.69) is 57.2 Å². The molecule has 0 saturated carbocycles. The maximum atomic E-state index is 12.9. The molecule has 1 aromatic heterocycles. The molecule has 1 saturated heterocycles. The second kappa shape index (κ2) is 9.34. The lowest BCUT2D eigenvalue weighted by atomic mass is 10.1. The second-order valence-electron chi connectivity index (χ2n) is 8.21. The highest BCUT2D eigenvalue weighted by atomic mass is 16.4. The van der Waals surface area contributed by atoms with Gasteiger partial charge in [-0.2, -0.15) is 0 Å². The predicted molar refractivity (Wildman–Crippen MR) is 119 cm³/mol. The number of amides is 1. The molecule has 2 aromatic rings. The van der Waals surface area contributed by atoms with Gasteiger partial charge in [-0.3, -0.25) is 9.69 Å². The van der Waals surface area contributed by atoms with Gasteiger partial charge in [0.15, 0.2) is 0 Å². The molecule has 2 aliphatic heterocycles. The number of anilines is 1. The monoisotopic (exact) mass is 409 g/mol. The molecule has 1 unspecified atom stereocenters. The Morgan fingerprint density at radius 3 is 2.60 bits per heavy atom. The SMILES string of the molecule is CC(CCCN1CCC(=NO)c2[nH]ccc2C1=O)N1CCN(c2ccccc2)CC1. The summed E-state index contributed by atoms with van der Waals surface area (Å²) in [4.78, 5) is 22.8. The third kappa shape index (κ3) is 4.36. The van der Waals surface area contributed by atoms with E-state index in [1.165, 1.54) is 5.69 Å². The molecule has 1 atom stereocenters. The van der Waals surface area contributed by atoms with Crippen molar-refractivity contribution in [1.82, 2.24) is 14.8 Å². The maximum Gasteiger partial charge on any atom is 0.256 e. The number of piperazine rings is 1. The fourth-order valence-electron chi connectivity index (χ4n) is 4.56. The summed E-state index contributed by atoms with van der Waals surface area (Å²) in [5.41, 5.74) is 3.11. The molecule has 0 bridgehead atoms. The summed E-state index contributed by atoms with van der Waals surface area (Å²) < 4.78 is 0. The highest BCUT2D eigenvalue weighted by Gasteiger charge is 2.27. The first-order valence-corrected chi connectivity index (χ1v) is 10.9. The van der Waals surface area contributed by atoms with E-state index < -0.39 is 0 Å². The molecule has 4 rings (SSSR count). The van der Waals surface area contributed by atoms with Crippen LogP contribution in [0.2, 0.25) is 0 Å². The van der Waals surface area contributed by atoms with Gasteiger partial charge in [0.1, 0.15) is 5.71 Å². The minimum absolute atomic E-state index is 0.0222. The van der Waals surface area contributed by atoms with Crippen molar-refractivity contribution in [3.05, 3.63) is 53.9 Å². The third-order valence-electron chi connectivity index (χ3n) is 6.40. The Labute approximate surface area is 178 Å². The van der Waals surface area contributed by atoms with Gasteiger partial charge in [-0.15, -0.1) is 0 Å². The smallest absolute Gasteiger partial charge is 0.256 e. The topological polar surface area (TPSA) is 75.2 Å². The molecule has 0 spiro atoms. The van der Waals surface area contributed by atoms with Crippen LogP contribution in [0.5, 0.6) is 0 Å². The van der Waals surface area contributed by atoms with E-state index >= 15 is 0 Å². The van der Waals surface area contributed by atoms with Crippen LogP contribution in [0.15, 0.2) is 47.8 Å². The van der Waals surface area contributed by atoms with Gasteiger partial charge in [-0.25, -0.2) is 0 Å². The number of aromatic amines is 1. The highest BCUT2D eigenvalue weighted by Crippen LogP contribution is 2.20. The van der Waals surface area contributed by atoms with Gasteiger partial charge in [0.25, 0.3) is 5.91 Å². The number of oxime groups is 1. The fourth-order valence-corrected chi connectivity index (χ4v) is 4.56. The van der Waals surface area contributed by atoms with Gasteiger partial charge in [-0.05, 0) is 38.0 Å². The molecule has 30 heavy (non-hydrogen) atoms. The summed E-state index contributed by atoms with van der Waals surface area (Å²) in [6.07, 6.45) is 4.33. The molecular formula is C23H31N5O2. The van der Waals surface area contributed by atoms with Crippen LogP contribution in [0.4, 0.5) is 5.69 Å². The quantitative estimate of drug-likeness (QED) is 0.568. The number of carbonyl (C=O) groups excluding carboxylic acids is 1. The van der Waals surface area contributed by atoms with Gasteiger partial charge >= 0.3 is 0 Å². The van der Waals surface area contributed by atoms with Crippen molar-refractivity contribution < 1.29 is 10.0 Å². The van der Waals surface area contributed by atoms with Crippen molar-refractivity contribution in [1.29, 1.82) is 0 Å². The summed E-state index contributed by atoms with van der Waals surface area (Å²) in [6.45, 7) is 7.87. The van der Waals surface area contributed by atoms with Gasteiger partial charge in [0.05, 0.1) is 11.3 Å². The number of nitrogens with one attached hydrogen (secondary N) is 1. The van der Waals surface area contributed by atoms with Gasteiger partial charge in [0.2, 0.25) is 0 Å². The number of hydrogen-bond acceptors (Lipinski definition) is 5. The Bertz CT molecular complexity index is 871. The van der Waals surface area contributed by atoms with Gasteiger partial charge in [-0.1, -0.05) is 23.4 Å². The Morgan fingerprint density at radius 2 is 1.87 bits per heavy atom. The van der Waals surface area contributed by atoms with Crippen molar-refractivity contribution >= 4 is 17.3 Å². The molecule has 1 aromatic carbocycles. The standard InChI is InChI=1S/C23H31N5O2/c1-18(26-14-16-27(17-15-26)19-7-3-2-4-8-19)6-5-12-28-13-10-21(25-30)22-20(23(28)29)9-11-24-22/h2-4,7-9,11,18,24,30H,5-6,10,12-17H2,1H3. The third-order valence-corrected chi connectivity index (χ3v) is 6.40. The van der Waals surface area contributed by atoms with Crippen LogP contribution in [-0.2, 0) is 0 Å². The number of benzene rings is 1. The molecule has 7 nitrogen and oxygen atoms in total. The van der Waals surface area contributed by atoms with E-state index in [1.54, 1.807) is 12.3 Å². The maximum absolute atomic E-state index is 12.9. The molecule has 7 heteroatoms. The zero-order valence-corrected chi connectivity index (χ0v) is 17.6. The lowest BCUT2D eigenvalue weighted by Gasteiger charge is -2.39. The summed E-state index contributed by atoms with van der Waals surface area (Å²) in [5.74, 6) is 0.0222. The first-order chi connectivity index (χ1) is 14.7. The van der Waals surface area contributed by atoms with Gasteiger partial charge in [0, 0.05) is 63.6 Å². The molecule has 1 fully saturated rings. The Morgan fingerprint density at radius 1 is 1.10 bits per heavy atom. The second-order valence-corrected chi connectivity index (χ2v) is 8.21. The molecule has 160 valence electrons. The Kier molecular flexibility index (Phi) is 6.38. The van der Waals surface area contributed by atoms with Crippen LogP contribution >= 0.6 is 0 Å². The van der Waals surface area contributed by atoms with Crippen molar-refractivity contribution in [2.45, 2.75) is 32.2 Å². The molecular weight excluding hydrogens is 378 g/mol. The minimum Gasteiger partial charge on any atom is -0.411 e. The van der Waals surface area contributed by atoms with Crippen LogP contribution in [0, 0.1) is 0 Å². The molecule has 0 radical (unpaired) electrons. The van der Waals surface area contributed by atoms with Crippen LogP contribution in [-0.4, -0.2) is 76.9 Å². The van der Waals surface area contributed by atoms with Gasteiger partial charge < -0.3 is 20.0 Å². The number of hydrogen-bond donors (Lipinski definition) is 2. The average Bonchev–Trinajstić information content (AvgIpc) is 3.24. The number of carbonyl (C=O) groups is 1. The summed E-state index contributed by atoms with van der Waals surface area (Å²) in [7, 11) is 0. The molecule has 2 N–H and O–H groups in total. The number of para-hydroxylation sites is 1. The number of aromatic nitrogens is 1. The lowest BCUT2D eigenvalue weighted by molar-refractivity contribution is 0.0754. The summed E-state index contributed by atoms with van der Waals surface area (Å²) >= 11 is 0. The minimum atomic E-state index is 0.0222. The fraction of sp³-hybridized carbons (Fsp3) is 0.478. The number of fused-ring (bicyclic) bond motifs is 1. The largest absolute Gasteiger partial charge is 0.411 e. The zero-order valence-electron chi connectivity index (χ0n) is 17.6. The first-order valence-electron chi connectivity index (χ1n) is 10.9. The van der Waals surface area contributed by atoms with Crippen LogP contribution in [0.25, 0.3) is 0 Å². The summed E-state index contributed by atoms with van der Waals surface area (Å²) in [5, 5.41) is 12.7. The molecule has 2 aliphatic rings. The van der Waals surface area contributed by atoms with Crippen molar-refractivity contribution in [2.75, 3.05) is 44.2 Å². The van der Waals surface area contributed by atoms with Crippen LogP contribution in [0.1, 0.15) is 42.2 Å². The molecule has 3 heterocycles. The van der Waals surface area contributed by atoms with Crippen LogP contribution in [0.3, 0.4) is 0 Å². The van der Waals surface area contributed by atoms with E-state index in [1.807, 2.05) is 4.90 Å². The van der Waals surface area contributed by atoms with Crippen molar-refractivity contribution in [2.24, 2.45) is 5.16 Å². The zero-order chi connectivity index (χ0) is 20.9. The highest BCUT2D eigenvalue weighted by molar-refractivity contribution is 6.10. The Hall–Kier alpha value is -2.80. The van der Waals surface area contributed by atoms with Crippen LogP contribution < -0.4 is 4.90 Å². The predicted octanol–water partition coefficient (Wildman–Crippen LogP) is 3.03. The van der Waals surface area contributed by atoms with E-state index in [0.29, 0.717) is 36.0 Å².